The quantitative estimate of drug-likeness (QED) is 0.419. The van der Waals surface area contributed by atoms with Crippen molar-refractivity contribution >= 4 is 29.2 Å². The number of pyridine rings is 1. The molecule has 0 radical (unpaired) electrons. The van der Waals surface area contributed by atoms with Gasteiger partial charge >= 0.3 is 12.1 Å². The summed E-state index contributed by atoms with van der Waals surface area (Å²) in [7, 11) is 0. The van der Waals surface area contributed by atoms with Gasteiger partial charge in [-0.2, -0.15) is 13.2 Å². The second kappa shape index (κ2) is 9.70. The van der Waals surface area contributed by atoms with E-state index in [9.17, 15) is 18.0 Å². The monoisotopic (exact) mass is 485 g/mol. The van der Waals surface area contributed by atoms with Crippen LogP contribution in [0.2, 0.25) is 10.2 Å². The lowest BCUT2D eigenvalue weighted by Crippen LogP contribution is -2.26. The van der Waals surface area contributed by atoms with Crippen LogP contribution in [-0.2, 0) is 6.61 Å². The summed E-state index contributed by atoms with van der Waals surface area (Å²) in [6, 6.07) is 7.12. The molecular formula is C21H16Cl2F3N3O3. The van der Waals surface area contributed by atoms with E-state index in [-0.39, 0.29) is 33.9 Å². The number of benzene rings is 1. The summed E-state index contributed by atoms with van der Waals surface area (Å²) in [6.45, 7) is 1.46. The van der Waals surface area contributed by atoms with Gasteiger partial charge in [-0.05, 0) is 40.8 Å². The third-order valence-electron chi connectivity index (χ3n) is 4.75. The summed E-state index contributed by atoms with van der Waals surface area (Å²) in [5.74, 6) is -3.95. The molecule has 0 saturated heterocycles. The van der Waals surface area contributed by atoms with Crippen LogP contribution in [0.25, 0.3) is 0 Å². The number of nitrogens with zero attached hydrogens (tertiary/aromatic N) is 3. The Morgan fingerprint density at radius 3 is 2.44 bits per heavy atom. The zero-order valence-electron chi connectivity index (χ0n) is 16.5. The average Bonchev–Trinajstić information content (AvgIpc) is 2.71. The summed E-state index contributed by atoms with van der Waals surface area (Å²) in [5, 5.41) is 8.95. The van der Waals surface area contributed by atoms with Crippen molar-refractivity contribution in [2.24, 2.45) is 0 Å². The third kappa shape index (κ3) is 5.66. The number of carbonyl (C=O) groups is 1. The van der Waals surface area contributed by atoms with Gasteiger partial charge in [0.15, 0.2) is 5.69 Å². The van der Waals surface area contributed by atoms with E-state index in [1.165, 1.54) is 37.4 Å². The largest absolute Gasteiger partial charge is 0.476 e. The van der Waals surface area contributed by atoms with Gasteiger partial charge in [-0.1, -0.05) is 42.3 Å². The Morgan fingerprint density at radius 1 is 1.12 bits per heavy atom. The lowest BCUT2D eigenvalue weighted by Gasteiger charge is -2.28. The highest BCUT2D eigenvalue weighted by molar-refractivity contribution is 6.31. The Balaban J connectivity index is 1.79. The highest BCUT2D eigenvalue weighted by Gasteiger charge is 2.45. The van der Waals surface area contributed by atoms with Crippen LogP contribution < -0.4 is 4.74 Å². The number of hydrogen-bond acceptors (Lipinski definition) is 5. The number of ether oxygens (including phenoxy) is 1. The molecule has 2 unspecified atom stereocenters. The van der Waals surface area contributed by atoms with E-state index < -0.39 is 24.0 Å². The van der Waals surface area contributed by atoms with Gasteiger partial charge in [0.25, 0.3) is 0 Å². The molecule has 0 aliphatic heterocycles. The first-order valence-electron chi connectivity index (χ1n) is 9.21. The predicted octanol–water partition coefficient (Wildman–Crippen LogP) is 5.91. The van der Waals surface area contributed by atoms with E-state index in [1.807, 2.05) is 0 Å². The number of rotatable bonds is 7. The second-order valence-corrected chi connectivity index (χ2v) is 7.70. The number of alkyl halides is 3. The normalized spacial score (nSPS) is 13.4. The lowest BCUT2D eigenvalue weighted by molar-refractivity contribution is -0.154. The second-order valence-electron chi connectivity index (χ2n) is 6.91. The minimum Gasteiger partial charge on any atom is -0.476 e. The Hall–Kier alpha value is -2.91. The van der Waals surface area contributed by atoms with Crippen molar-refractivity contribution in [3.05, 3.63) is 81.5 Å². The molecule has 0 fully saturated rings. The van der Waals surface area contributed by atoms with Crippen molar-refractivity contribution in [1.82, 2.24) is 15.0 Å². The minimum atomic E-state index is -4.53. The van der Waals surface area contributed by atoms with Crippen molar-refractivity contribution in [2.75, 3.05) is 0 Å². The van der Waals surface area contributed by atoms with Gasteiger partial charge in [-0.15, -0.1) is 0 Å². The first-order chi connectivity index (χ1) is 15.1. The summed E-state index contributed by atoms with van der Waals surface area (Å²) in [6.07, 6.45) is -1.08. The molecule has 2 heterocycles. The molecule has 168 valence electrons. The Labute approximate surface area is 191 Å². The van der Waals surface area contributed by atoms with Gasteiger partial charge in [-0.3, -0.25) is 0 Å². The van der Waals surface area contributed by atoms with Crippen LogP contribution in [0.3, 0.4) is 0 Å². The van der Waals surface area contributed by atoms with Crippen LogP contribution >= 0.6 is 23.2 Å². The molecule has 0 bridgehead atoms. The molecule has 2 atom stereocenters. The summed E-state index contributed by atoms with van der Waals surface area (Å²) >= 11 is 12.1. The number of aromatic nitrogens is 3. The number of carboxylic acid groups (broad SMARTS) is 1. The molecule has 11 heteroatoms. The zero-order chi connectivity index (χ0) is 23.5. The van der Waals surface area contributed by atoms with Gasteiger partial charge < -0.3 is 9.84 Å². The number of halogens is 5. The molecule has 0 aliphatic carbocycles. The van der Waals surface area contributed by atoms with Gasteiger partial charge in [0.2, 0.25) is 5.88 Å². The Kier molecular flexibility index (Phi) is 7.20. The van der Waals surface area contributed by atoms with Crippen molar-refractivity contribution in [2.45, 2.75) is 31.5 Å². The van der Waals surface area contributed by atoms with Crippen LogP contribution in [0.1, 0.15) is 45.9 Å². The molecule has 0 amide bonds. The maximum Gasteiger partial charge on any atom is 0.396 e. The third-order valence-corrected chi connectivity index (χ3v) is 5.29. The number of aromatic carboxylic acids is 1. The molecule has 3 aromatic rings. The molecule has 3 rings (SSSR count). The van der Waals surface area contributed by atoms with E-state index in [0.717, 1.165) is 12.4 Å². The zero-order valence-corrected chi connectivity index (χ0v) is 18.0. The van der Waals surface area contributed by atoms with Crippen LogP contribution in [-0.4, -0.2) is 32.2 Å². The first-order valence-corrected chi connectivity index (χ1v) is 9.96. The van der Waals surface area contributed by atoms with Crippen molar-refractivity contribution in [3.63, 3.8) is 0 Å². The summed E-state index contributed by atoms with van der Waals surface area (Å²) in [5.41, 5.74) is 0.673. The van der Waals surface area contributed by atoms with Crippen molar-refractivity contribution in [3.8, 4) is 5.88 Å². The maximum atomic E-state index is 13.9. The van der Waals surface area contributed by atoms with E-state index >= 15 is 0 Å². The maximum absolute atomic E-state index is 13.9. The average molecular weight is 486 g/mol. The topological polar surface area (TPSA) is 85.2 Å². The molecule has 0 aliphatic rings. The SMILES string of the molecule is CC(c1ccc(COc2cnc(C(=O)O)cn2)cc1Cl)C(c1ccnc(Cl)c1)C(F)(F)F. The van der Waals surface area contributed by atoms with Gasteiger partial charge in [0.05, 0.1) is 18.3 Å². The molecule has 0 saturated carbocycles. The van der Waals surface area contributed by atoms with E-state index in [1.54, 1.807) is 6.07 Å². The number of hydrogen-bond donors (Lipinski definition) is 1. The van der Waals surface area contributed by atoms with Gasteiger partial charge in [0, 0.05) is 11.2 Å². The van der Waals surface area contributed by atoms with Crippen molar-refractivity contribution in [1.29, 1.82) is 0 Å². The predicted molar refractivity (Wildman–Crippen MR) is 111 cm³/mol. The molecule has 1 N–H and O–H groups in total. The summed E-state index contributed by atoms with van der Waals surface area (Å²) in [4.78, 5) is 22.1. The van der Waals surface area contributed by atoms with Crippen LogP contribution in [0.15, 0.2) is 48.9 Å². The Bertz CT molecular complexity index is 1110. The van der Waals surface area contributed by atoms with Crippen molar-refractivity contribution < 1.29 is 27.8 Å². The fraction of sp³-hybridized carbons (Fsp3) is 0.238. The van der Waals surface area contributed by atoms with Crippen LogP contribution in [0, 0.1) is 0 Å². The first kappa shape index (κ1) is 23.7. The molecule has 0 spiro atoms. The molecule has 32 heavy (non-hydrogen) atoms. The summed E-state index contributed by atoms with van der Waals surface area (Å²) < 4.78 is 47.1. The van der Waals surface area contributed by atoms with Gasteiger partial charge in [0.1, 0.15) is 11.8 Å². The lowest BCUT2D eigenvalue weighted by atomic mass is 9.82. The van der Waals surface area contributed by atoms with E-state index in [0.29, 0.717) is 11.1 Å². The highest BCUT2D eigenvalue weighted by atomic mass is 35.5. The fourth-order valence-electron chi connectivity index (χ4n) is 3.24. The highest BCUT2D eigenvalue weighted by Crippen LogP contribution is 2.46. The molecule has 2 aromatic heterocycles. The number of carboxylic acids is 1. The Morgan fingerprint density at radius 2 is 1.88 bits per heavy atom. The minimum absolute atomic E-state index is 0.00291. The van der Waals surface area contributed by atoms with E-state index in [4.69, 9.17) is 33.0 Å². The fourth-order valence-corrected chi connectivity index (χ4v) is 3.80. The van der Waals surface area contributed by atoms with E-state index in [2.05, 4.69) is 15.0 Å². The van der Waals surface area contributed by atoms with Crippen LogP contribution in [0.5, 0.6) is 5.88 Å². The van der Waals surface area contributed by atoms with Gasteiger partial charge in [-0.25, -0.2) is 19.7 Å². The van der Waals surface area contributed by atoms with Crippen LogP contribution in [0.4, 0.5) is 13.2 Å². The standard InChI is InChI=1S/C21H16Cl2F3N3O3/c1-11(19(21(24,25)26)13-4-5-27-17(23)7-13)14-3-2-12(6-15(14)22)10-32-18-9-28-16(8-29-18)20(30)31/h2-9,11,19H,10H2,1H3,(H,30,31). The molecule has 1 aromatic carbocycles. The molecule has 6 nitrogen and oxygen atoms in total. The molecular weight excluding hydrogens is 470 g/mol. The smallest absolute Gasteiger partial charge is 0.396 e.